The normalized spacial score (nSPS) is 23.8. The van der Waals surface area contributed by atoms with E-state index in [2.05, 4.69) is 71.5 Å². The quantitative estimate of drug-likeness (QED) is 0.461. The lowest BCUT2D eigenvalue weighted by Gasteiger charge is -2.37. The van der Waals surface area contributed by atoms with Gasteiger partial charge in [-0.15, -0.1) is 0 Å². The molecule has 3 atom stereocenters. The summed E-state index contributed by atoms with van der Waals surface area (Å²) in [5, 5.41) is 6.19. The van der Waals surface area contributed by atoms with Gasteiger partial charge in [0.15, 0.2) is 0 Å². The summed E-state index contributed by atoms with van der Waals surface area (Å²) < 4.78 is 11.2. The molecular weight excluding hydrogens is 528 g/mol. The van der Waals surface area contributed by atoms with Crippen molar-refractivity contribution >= 4 is 17.5 Å². The first-order valence-electron chi connectivity index (χ1n) is 15.8. The van der Waals surface area contributed by atoms with Crippen LogP contribution in [0.2, 0.25) is 0 Å². The molecule has 0 aromatic heterocycles. The van der Waals surface area contributed by atoms with Gasteiger partial charge in [0.25, 0.3) is 5.91 Å². The summed E-state index contributed by atoms with van der Waals surface area (Å²) in [6, 6.07) is 13.5. The van der Waals surface area contributed by atoms with Gasteiger partial charge in [0.2, 0.25) is 5.91 Å². The lowest BCUT2D eigenvalue weighted by molar-refractivity contribution is -0.129. The van der Waals surface area contributed by atoms with Crippen molar-refractivity contribution in [3.63, 3.8) is 0 Å². The summed E-state index contributed by atoms with van der Waals surface area (Å²) in [7, 11) is 0. The Balaban J connectivity index is 1.46. The minimum atomic E-state index is -0.223. The lowest BCUT2D eigenvalue weighted by atomic mass is 9.84. The number of carbonyl (C=O) groups is 2. The van der Waals surface area contributed by atoms with Gasteiger partial charge in [-0.25, -0.2) is 0 Å². The van der Waals surface area contributed by atoms with Gasteiger partial charge in [-0.3, -0.25) is 14.5 Å². The molecule has 42 heavy (non-hydrogen) atoms. The molecule has 2 N–H and O–H groups in total. The lowest BCUT2D eigenvalue weighted by Crippen LogP contribution is -2.50. The molecule has 0 aliphatic carbocycles. The molecule has 0 radical (unpaired) electrons. The predicted molar refractivity (Wildman–Crippen MR) is 167 cm³/mol. The van der Waals surface area contributed by atoms with Crippen LogP contribution in [0.1, 0.15) is 61.5 Å². The second kappa shape index (κ2) is 14.0. The number of benzene rings is 2. The van der Waals surface area contributed by atoms with E-state index in [0.29, 0.717) is 18.2 Å². The average molecular weight is 577 g/mol. The summed E-state index contributed by atoms with van der Waals surface area (Å²) in [4.78, 5) is 31.4. The molecule has 3 fully saturated rings. The van der Waals surface area contributed by atoms with Crippen LogP contribution in [0.4, 0.5) is 5.69 Å². The molecule has 0 spiro atoms. The van der Waals surface area contributed by atoms with Gasteiger partial charge in [0, 0.05) is 69.3 Å². The van der Waals surface area contributed by atoms with E-state index in [-0.39, 0.29) is 29.7 Å². The Bertz CT molecular complexity index is 1240. The molecule has 2 aromatic carbocycles. The van der Waals surface area contributed by atoms with Crippen LogP contribution in [0, 0.1) is 18.8 Å². The number of hydrogen-bond donors (Lipinski definition) is 2. The van der Waals surface area contributed by atoms with Crippen LogP contribution in [0.3, 0.4) is 0 Å². The number of hydrogen-bond acceptors (Lipinski definition) is 6. The largest absolute Gasteiger partial charge is 0.381 e. The van der Waals surface area contributed by atoms with E-state index in [1.165, 1.54) is 5.56 Å². The Morgan fingerprint density at radius 2 is 1.79 bits per heavy atom. The Morgan fingerprint density at radius 1 is 1.05 bits per heavy atom. The molecule has 0 bridgehead atoms. The van der Waals surface area contributed by atoms with Gasteiger partial charge in [0.05, 0.1) is 19.1 Å². The molecule has 0 saturated carbocycles. The van der Waals surface area contributed by atoms with Crippen molar-refractivity contribution < 1.29 is 19.1 Å². The number of nitrogens with one attached hydrogen (secondary N) is 2. The zero-order valence-electron chi connectivity index (χ0n) is 25.8. The number of amides is 2. The van der Waals surface area contributed by atoms with Crippen molar-refractivity contribution in [3.05, 3.63) is 53.1 Å². The number of piperidine rings is 1. The van der Waals surface area contributed by atoms with Crippen molar-refractivity contribution in [2.75, 3.05) is 57.5 Å². The molecular formula is C34H48N4O4. The molecule has 2 amide bonds. The number of morpholine rings is 1. The topological polar surface area (TPSA) is 83.1 Å². The number of ether oxygens (including phenoxy) is 2. The van der Waals surface area contributed by atoms with Gasteiger partial charge in [-0.2, -0.15) is 0 Å². The molecule has 5 rings (SSSR count). The van der Waals surface area contributed by atoms with E-state index >= 15 is 0 Å². The molecule has 3 saturated heterocycles. The zero-order valence-corrected chi connectivity index (χ0v) is 25.8. The highest BCUT2D eigenvalue weighted by Gasteiger charge is 2.33. The first kappa shape index (κ1) is 30.5. The second-order valence-corrected chi connectivity index (χ2v) is 12.3. The molecule has 3 aliphatic rings. The van der Waals surface area contributed by atoms with Gasteiger partial charge in [0.1, 0.15) is 0 Å². The molecule has 8 heteroatoms. The van der Waals surface area contributed by atoms with Crippen molar-refractivity contribution in [1.29, 1.82) is 0 Å². The van der Waals surface area contributed by atoms with Crippen molar-refractivity contribution in [2.45, 2.75) is 65.6 Å². The Morgan fingerprint density at radius 3 is 2.50 bits per heavy atom. The van der Waals surface area contributed by atoms with E-state index in [4.69, 9.17) is 9.47 Å². The van der Waals surface area contributed by atoms with Crippen LogP contribution < -0.4 is 15.5 Å². The first-order valence-corrected chi connectivity index (χ1v) is 15.8. The van der Waals surface area contributed by atoms with Gasteiger partial charge >= 0.3 is 0 Å². The number of carbonyl (C=O) groups excluding carboxylic acids is 2. The molecule has 3 heterocycles. The van der Waals surface area contributed by atoms with Crippen molar-refractivity contribution in [2.24, 2.45) is 11.8 Å². The van der Waals surface area contributed by atoms with E-state index in [1.54, 1.807) is 0 Å². The Hall–Kier alpha value is -2.94. The molecule has 2 aromatic rings. The summed E-state index contributed by atoms with van der Waals surface area (Å²) in [5.74, 6) is -0.0992. The third kappa shape index (κ3) is 7.16. The van der Waals surface area contributed by atoms with Crippen LogP contribution in [-0.4, -0.2) is 81.4 Å². The molecule has 8 nitrogen and oxygen atoms in total. The Kier molecular flexibility index (Phi) is 10.2. The highest BCUT2D eigenvalue weighted by Crippen LogP contribution is 2.34. The third-order valence-electron chi connectivity index (χ3n) is 9.30. The fourth-order valence-corrected chi connectivity index (χ4v) is 6.87. The van der Waals surface area contributed by atoms with E-state index in [1.807, 2.05) is 13.0 Å². The van der Waals surface area contributed by atoms with E-state index in [9.17, 15) is 9.59 Å². The SMILES string of the molecule is CCN(c1cc(-c2cccc(CN3CCOCC3)c2)cc(C(=O)NCC2C(=O)NC(C)CC2C)c1C)C1CCOCC1. The van der Waals surface area contributed by atoms with E-state index < -0.39 is 0 Å². The highest BCUT2D eigenvalue weighted by molar-refractivity contribution is 5.99. The number of anilines is 1. The first-order chi connectivity index (χ1) is 20.3. The fraction of sp³-hybridized carbons (Fsp3) is 0.588. The molecule has 228 valence electrons. The maximum atomic E-state index is 13.8. The minimum Gasteiger partial charge on any atom is -0.381 e. The number of rotatable bonds is 9. The summed E-state index contributed by atoms with van der Waals surface area (Å²) in [6.07, 6.45) is 2.87. The van der Waals surface area contributed by atoms with Crippen LogP contribution in [0.25, 0.3) is 11.1 Å². The van der Waals surface area contributed by atoms with Crippen LogP contribution >= 0.6 is 0 Å². The highest BCUT2D eigenvalue weighted by atomic mass is 16.5. The van der Waals surface area contributed by atoms with Crippen molar-refractivity contribution in [3.8, 4) is 11.1 Å². The maximum Gasteiger partial charge on any atom is 0.251 e. The predicted octanol–water partition coefficient (Wildman–Crippen LogP) is 4.39. The number of nitrogens with zero attached hydrogens (tertiary/aromatic N) is 2. The van der Waals surface area contributed by atoms with Gasteiger partial charge in [-0.05, 0) is 86.4 Å². The zero-order chi connectivity index (χ0) is 29.6. The summed E-state index contributed by atoms with van der Waals surface area (Å²) >= 11 is 0. The monoisotopic (exact) mass is 576 g/mol. The molecule has 3 unspecified atom stereocenters. The second-order valence-electron chi connectivity index (χ2n) is 12.3. The maximum absolute atomic E-state index is 13.8. The van der Waals surface area contributed by atoms with Crippen LogP contribution in [0.5, 0.6) is 0 Å². The van der Waals surface area contributed by atoms with Gasteiger partial charge in [-0.1, -0.05) is 25.1 Å². The standard InChI is InChI=1S/C34H48N4O4/c1-5-38(29-9-13-41-14-10-29)32-20-28(27-8-6-7-26(18-27)22-37-11-15-42-16-12-37)19-30(25(32)4)33(39)35-21-31-23(2)17-24(3)36-34(31)40/h6-8,18-20,23-24,29,31H,5,9-17,21-22H2,1-4H3,(H,35,39)(H,36,40). The van der Waals surface area contributed by atoms with Crippen LogP contribution in [-0.2, 0) is 20.8 Å². The van der Waals surface area contributed by atoms with Crippen molar-refractivity contribution in [1.82, 2.24) is 15.5 Å². The fourth-order valence-electron chi connectivity index (χ4n) is 6.87. The smallest absolute Gasteiger partial charge is 0.251 e. The van der Waals surface area contributed by atoms with Gasteiger partial charge < -0.3 is 25.0 Å². The van der Waals surface area contributed by atoms with Crippen LogP contribution in [0.15, 0.2) is 36.4 Å². The third-order valence-corrected chi connectivity index (χ3v) is 9.30. The minimum absolute atomic E-state index is 0.0291. The molecule has 3 aliphatic heterocycles. The van der Waals surface area contributed by atoms with E-state index in [0.717, 1.165) is 94.2 Å². The summed E-state index contributed by atoms with van der Waals surface area (Å²) in [5.41, 5.74) is 6.14. The summed E-state index contributed by atoms with van der Waals surface area (Å²) in [6.45, 7) is 15.4. The average Bonchev–Trinajstić information content (AvgIpc) is 2.99. The Labute approximate surface area is 251 Å².